The van der Waals surface area contributed by atoms with Crippen molar-refractivity contribution >= 4 is 0 Å². The summed E-state index contributed by atoms with van der Waals surface area (Å²) in [5.41, 5.74) is 0. The van der Waals surface area contributed by atoms with Crippen LogP contribution in [0.15, 0.2) is 0 Å². The van der Waals surface area contributed by atoms with E-state index in [0.29, 0.717) is 0 Å². The molecule has 11 heavy (non-hydrogen) atoms. The molecule has 0 radical (unpaired) electrons. The summed E-state index contributed by atoms with van der Waals surface area (Å²) in [6.07, 6.45) is 0. The molecule has 0 saturated heterocycles. The van der Waals surface area contributed by atoms with Crippen molar-refractivity contribution in [2.75, 3.05) is 0 Å². The van der Waals surface area contributed by atoms with E-state index in [-0.39, 0.29) is 59.1 Å². The molecule has 0 fully saturated rings. The van der Waals surface area contributed by atoms with Crippen LogP contribution in [-0.4, -0.2) is 0 Å². The zero-order chi connectivity index (χ0) is 7.71. The average molecular weight is 634 g/mol. The molecule has 11 heteroatoms. The zero-order valence-electron chi connectivity index (χ0n) is 5.86. The minimum absolute atomic E-state index is 0. The van der Waals surface area contributed by atoms with Crippen molar-refractivity contribution in [2.45, 2.75) is 0 Å². The van der Waals surface area contributed by atoms with Gasteiger partial charge in [0.05, 0.1) is 0 Å². The van der Waals surface area contributed by atoms with Gasteiger partial charge in [-0.3, -0.25) is 0 Å². The fourth-order valence-electron chi connectivity index (χ4n) is 0.153. The minimum atomic E-state index is -6.71. The van der Waals surface area contributed by atoms with Gasteiger partial charge in [-0.1, -0.05) is 0 Å². The molecule has 0 rings (SSSR count). The van der Waals surface area contributed by atoms with Gasteiger partial charge >= 0.3 is 124 Å². The van der Waals surface area contributed by atoms with Crippen molar-refractivity contribution in [3.63, 3.8) is 0 Å². The number of hydrogen-bond donors (Lipinski definition) is 0. The van der Waals surface area contributed by atoms with Crippen LogP contribution < -0.4 is 64.3 Å². The Hall–Kier alpha value is 3.18. The van der Waals surface area contributed by atoms with Crippen LogP contribution in [0.5, 0.6) is 0 Å². The molecular weight excluding hydrogens is 634 g/mol. The Kier molecular flexibility index (Phi) is 13.4. The third-order valence-corrected chi connectivity index (χ3v) is 21.8. The number of hydrogen-bond acceptors (Lipinski definition) is 7. The Morgan fingerprint density at radius 1 is 0.818 bits per heavy atom. The molecule has 0 atom stereocenters. The van der Waals surface area contributed by atoms with Crippen LogP contribution in [0.3, 0.4) is 0 Å². The van der Waals surface area contributed by atoms with E-state index < -0.39 is 50.8 Å². The topological polar surface area (TPSA) is 124 Å². The van der Waals surface area contributed by atoms with E-state index in [1.807, 2.05) is 0 Å². The van der Waals surface area contributed by atoms with Crippen LogP contribution in [0, 0.1) is 50.8 Å². The Balaban J connectivity index is -0.000000320. The number of rotatable bonds is 2. The van der Waals surface area contributed by atoms with Gasteiger partial charge < -0.3 is 0 Å². The summed E-state index contributed by atoms with van der Waals surface area (Å²) in [7, 11) is 0. The maximum atomic E-state index is 9.47. The third kappa shape index (κ3) is 19.6. The first kappa shape index (κ1) is 19.7. The van der Waals surface area contributed by atoms with Crippen LogP contribution in [-0.2, 0) is 8.69 Å². The molecule has 0 amide bonds. The first-order valence-corrected chi connectivity index (χ1v) is 15.2. The summed E-state index contributed by atoms with van der Waals surface area (Å²) < 4.78 is 59.6. The molecular formula is Na2O7U2. The predicted octanol–water partition coefficient (Wildman–Crippen LogP) is -8.91. The summed E-state index contributed by atoms with van der Waals surface area (Å²) in [5, 5.41) is 0. The summed E-state index contributed by atoms with van der Waals surface area (Å²) in [6.45, 7) is 0. The van der Waals surface area contributed by atoms with E-state index in [2.05, 4.69) is -0.255 Å². The van der Waals surface area contributed by atoms with E-state index in [1.54, 1.807) is 0 Å². The Morgan fingerprint density at radius 3 is 1.00 bits per heavy atom. The molecule has 0 aliphatic heterocycles. The molecule has 0 N–H and O–H groups in total. The van der Waals surface area contributed by atoms with Gasteiger partial charge in [0.15, 0.2) is 0 Å². The molecule has 0 heterocycles. The van der Waals surface area contributed by atoms with E-state index >= 15 is 0 Å². The molecule has 0 aromatic carbocycles. The standard InChI is InChI=1S/2Na.7O.2U/q2*+1;;;;;;2*-1;;. The predicted molar refractivity (Wildman–Crippen MR) is 3.83 cm³/mol. The van der Waals surface area contributed by atoms with Crippen LogP contribution in [0.25, 0.3) is 0 Å². The van der Waals surface area contributed by atoms with Gasteiger partial charge in [-0.25, -0.2) is 0 Å². The Morgan fingerprint density at radius 2 is 1.00 bits per heavy atom. The molecule has 0 unspecified atom stereocenters. The van der Waals surface area contributed by atoms with Crippen LogP contribution in [0.4, 0.5) is 0 Å². The van der Waals surface area contributed by atoms with E-state index in [0.717, 1.165) is 0 Å². The summed E-state index contributed by atoms with van der Waals surface area (Å²) in [4.78, 5) is 0. The monoisotopic (exact) mass is 634 g/mol. The van der Waals surface area contributed by atoms with Crippen molar-refractivity contribution in [1.29, 1.82) is 0 Å². The Bertz CT molecular complexity index is 240. The van der Waals surface area contributed by atoms with Crippen molar-refractivity contribution in [2.24, 2.45) is 0 Å². The molecule has 7 nitrogen and oxygen atoms in total. The van der Waals surface area contributed by atoms with Crippen molar-refractivity contribution in [3.05, 3.63) is 0 Å². The van der Waals surface area contributed by atoms with Gasteiger partial charge in [0.25, 0.3) is 0 Å². The molecule has 0 aromatic rings. The summed E-state index contributed by atoms with van der Waals surface area (Å²) in [5.74, 6) is 0. The molecule has 0 saturated carbocycles. The van der Waals surface area contributed by atoms with Gasteiger partial charge in [-0.2, -0.15) is 0 Å². The van der Waals surface area contributed by atoms with E-state index in [1.165, 1.54) is 0 Å². The Labute approximate surface area is 121 Å². The first-order chi connectivity index (χ1) is 3.71. The third-order valence-electron chi connectivity index (χ3n) is 0.250. The van der Waals surface area contributed by atoms with Crippen molar-refractivity contribution in [3.8, 4) is 0 Å². The fourth-order valence-corrected chi connectivity index (χ4v) is 13.3. The first-order valence-electron chi connectivity index (χ1n) is 1.63. The van der Waals surface area contributed by atoms with Crippen molar-refractivity contribution in [1.82, 2.24) is 0 Å². The molecule has 52 valence electrons. The fraction of sp³-hybridized carbons (Fsp3) is 0. The van der Waals surface area contributed by atoms with Gasteiger partial charge in [0.2, 0.25) is 0 Å². The van der Waals surface area contributed by atoms with Gasteiger partial charge in [0, 0.05) is 0 Å². The quantitative estimate of drug-likeness (QED) is 0.277. The van der Waals surface area contributed by atoms with E-state index in [4.69, 9.17) is 0 Å². The van der Waals surface area contributed by atoms with Gasteiger partial charge in [-0.05, 0) is 0 Å². The van der Waals surface area contributed by atoms with Crippen LogP contribution in [0.1, 0.15) is 0 Å². The SMILES string of the molecule is [Na+].[Na+].[O]=[U](=[O])([O-])[O][U](=[O])(=[O])[O-]. The van der Waals surface area contributed by atoms with E-state index in [9.17, 15) is 14.2 Å². The van der Waals surface area contributed by atoms with Crippen molar-refractivity contribution < 1.29 is 124 Å². The summed E-state index contributed by atoms with van der Waals surface area (Å²) >= 11 is -13.4. The summed E-state index contributed by atoms with van der Waals surface area (Å²) in [6, 6.07) is 0. The van der Waals surface area contributed by atoms with Crippen LogP contribution in [0.2, 0.25) is 0 Å². The molecule has 0 bridgehead atoms. The molecule has 0 spiro atoms. The molecule has 0 aliphatic rings. The second kappa shape index (κ2) is 7.47. The van der Waals surface area contributed by atoms with Gasteiger partial charge in [0.1, 0.15) is 0 Å². The second-order valence-corrected chi connectivity index (χ2v) is 18.2. The molecule has 0 aromatic heterocycles. The van der Waals surface area contributed by atoms with Crippen LogP contribution >= 0.6 is 0 Å². The maximum absolute atomic E-state index is 9.47. The normalized spacial score (nSPS) is 11.1. The average Bonchev–Trinajstić information content (AvgIpc) is 1.14. The molecule has 0 aliphatic carbocycles. The van der Waals surface area contributed by atoms with Gasteiger partial charge in [-0.15, -0.1) is 0 Å². The zero-order valence-corrected chi connectivity index (χ0v) is 18.2. The second-order valence-electron chi connectivity index (χ2n) is 1.10.